The molecule has 0 unspecified atom stereocenters. The highest BCUT2D eigenvalue weighted by Crippen LogP contribution is 2.15. The van der Waals surface area contributed by atoms with E-state index in [4.69, 9.17) is 11.6 Å². The van der Waals surface area contributed by atoms with Crippen LogP contribution in [-0.2, 0) is 6.54 Å². The normalized spacial score (nSPS) is 10.3. The molecule has 0 aromatic carbocycles. The van der Waals surface area contributed by atoms with E-state index in [1.54, 1.807) is 18.3 Å². The summed E-state index contributed by atoms with van der Waals surface area (Å²) in [4.78, 5) is 20.3. The van der Waals surface area contributed by atoms with E-state index < -0.39 is 0 Å². The van der Waals surface area contributed by atoms with Crippen LogP contribution in [0.15, 0.2) is 23.7 Å². The molecule has 20 heavy (non-hydrogen) atoms. The van der Waals surface area contributed by atoms with Crippen LogP contribution in [0.4, 0.5) is 5.82 Å². The van der Waals surface area contributed by atoms with Gasteiger partial charge in [0.2, 0.25) is 0 Å². The zero-order valence-corrected chi connectivity index (χ0v) is 12.6. The van der Waals surface area contributed by atoms with Gasteiger partial charge in [0, 0.05) is 23.7 Å². The molecular weight excluding hydrogens is 296 g/mol. The smallest absolute Gasteiger partial charge is 0.251 e. The molecule has 7 heteroatoms. The van der Waals surface area contributed by atoms with Crippen molar-refractivity contribution < 1.29 is 4.79 Å². The Kier molecular flexibility index (Phi) is 5.31. The van der Waals surface area contributed by atoms with Gasteiger partial charge in [-0.05, 0) is 18.6 Å². The van der Waals surface area contributed by atoms with Crippen LogP contribution in [0.3, 0.4) is 0 Å². The van der Waals surface area contributed by atoms with E-state index in [9.17, 15) is 4.79 Å². The van der Waals surface area contributed by atoms with E-state index in [0.717, 1.165) is 18.0 Å². The fourth-order valence-corrected chi connectivity index (χ4v) is 2.33. The van der Waals surface area contributed by atoms with Crippen molar-refractivity contribution in [2.75, 3.05) is 11.9 Å². The molecule has 0 fully saturated rings. The number of nitrogens with one attached hydrogen (secondary N) is 2. The second kappa shape index (κ2) is 7.21. The van der Waals surface area contributed by atoms with Crippen LogP contribution in [0.25, 0.3) is 0 Å². The van der Waals surface area contributed by atoms with Crippen molar-refractivity contribution in [2.45, 2.75) is 19.9 Å². The van der Waals surface area contributed by atoms with Crippen LogP contribution in [0.5, 0.6) is 0 Å². The van der Waals surface area contributed by atoms with Gasteiger partial charge in [-0.15, -0.1) is 11.3 Å². The van der Waals surface area contributed by atoms with Gasteiger partial charge >= 0.3 is 0 Å². The van der Waals surface area contributed by atoms with Crippen LogP contribution >= 0.6 is 22.9 Å². The van der Waals surface area contributed by atoms with Gasteiger partial charge in [0.1, 0.15) is 16.0 Å². The first-order chi connectivity index (χ1) is 9.69. The molecule has 0 aliphatic rings. The van der Waals surface area contributed by atoms with Gasteiger partial charge in [-0.3, -0.25) is 4.79 Å². The summed E-state index contributed by atoms with van der Waals surface area (Å²) in [6.45, 7) is 3.25. The highest BCUT2D eigenvalue weighted by Gasteiger charge is 2.09. The molecule has 0 bridgehead atoms. The van der Waals surface area contributed by atoms with Crippen molar-refractivity contribution in [2.24, 2.45) is 0 Å². The summed E-state index contributed by atoms with van der Waals surface area (Å²) < 4.78 is 0. The lowest BCUT2D eigenvalue weighted by Crippen LogP contribution is -2.23. The molecule has 2 heterocycles. The molecule has 0 saturated heterocycles. The molecule has 1 amide bonds. The second-order valence-corrected chi connectivity index (χ2v) is 5.47. The highest BCUT2D eigenvalue weighted by atomic mass is 35.5. The van der Waals surface area contributed by atoms with Crippen LogP contribution in [0, 0.1) is 0 Å². The number of amides is 1. The minimum absolute atomic E-state index is 0.191. The highest BCUT2D eigenvalue weighted by molar-refractivity contribution is 7.09. The maximum absolute atomic E-state index is 12.1. The summed E-state index contributed by atoms with van der Waals surface area (Å²) in [7, 11) is 0. The molecule has 0 radical (unpaired) electrons. The predicted octanol–water partition coefficient (Wildman–Crippen LogP) is 2.94. The first-order valence-corrected chi connectivity index (χ1v) is 7.53. The van der Waals surface area contributed by atoms with Crippen LogP contribution in [0.2, 0.25) is 5.15 Å². The van der Waals surface area contributed by atoms with Gasteiger partial charge in [-0.1, -0.05) is 18.5 Å². The Labute approximate surface area is 126 Å². The first-order valence-electron chi connectivity index (χ1n) is 6.27. The molecule has 2 rings (SSSR count). The summed E-state index contributed by atoms with van der Waals surface area (Å²) in [5, 5.41) is 8.95. The van der Waals surface area contributed by atoms with Crippen molar-refractivity contribution >= 4 is 34.7 Å². The van der Waals surface area contributed by atoms with Crippen LogP contribution in [-0.4, -0.2) is 22.4 Å². The van der Waals surface area contributed by atoms with Gasteiger partial charge in [0.15, 0.2) is 0 Å². The Bertz CT molecular complexity index is 574. The third-order valence-corrected chi connectivity index (χ3v) is 3.47. The standard InChI is InChI=1S/C13H15ClN4OS/c1-2-3-15-11-7-9(6-10(14)18-11)13(19)17-8-12-16-4-5-20-12/h4-7H,2-3,8H2,1H3,(H,15,18)(H,17,19). The Morgan fingerprint density at radius 2 is 2.30 bits per heavy atom. The second-order valence-electron chi connectivity index (χ2n) is 4.10. The minimum atomic E-state index is -0.191. The molecule has 5 nitrogen and oxygen atoms in total. The van der Waals surface area contributed by atoms with Crippen molar-refractivity contribution in [3.8, 4) is 0 Å². The summed E-state index contributed by atoms with van der Waals surface area (Å²) in [5.41, 5.74) is 0.486. The third-order valence-electron chi connectivity index (χ3n) is 2.50. The van der Waals surface area contributed by atoms with E-state index in [1.807, 2.05) is 5.38 Å². The zero-order valence-electron chi connectivity index (χ0n) is 11.0. The number of halogens is 1. The third kappa shape index (κ3) is 4.18. The fourth-order valence-electron chi connectivity index (χ4n) is 1.57. The number of carbonyl (C=O) groups excluding carboxylic acids is 1. The molecule has 2 aromatic heterocycles. The van der Waals surface area contributed by atoms with Gasteiger partial charge in [0.25, 0.3) is 5.91 Å². The average molecular weight is 311 g/mol. The SMILES string of the molecule is CCCNc1cc(C(=O)NCc2nccs2)cc(Cl)n1. The van der Waals surface area contributed by atoms with Gasteiger partial charge in [-0.2, -0.15) is 0 Å². The lowest BCUT2D eigenvalue weighted by Gasteiger charge is -2.08. The quantitative estimate of drug-likeness (QED) is 0.805. The molecule has 0 atom stereocenters. The largest absolute Gasteiger partial charge is 0.370 e. The lowest BCUT2D eigenvalue weighted by molar-refractivity contribution is 0.0951. The number of thiazole rings is 1. The number of aromatic nitrogens is 2. The van der Waals surface area contributed by atoms with Crippen molar-refractivity contribution in [1.82, 2.24) is 15.3 Å². The van der Waals surface area contributed by atoms with Crippen molar-refractivity contribution in [3.05, 3.63) is 39.4 Å². The maximum Gasteiger partial charge on any atom is 0.251 e. The molecule has 0 aliphatic carbocycles. The van der Waals surface area contributed by atoms with E-state index >= 15 is 0 Å². The van der Waals surface area contributed by atoms with E-state index in [2.05, 4.69) is 27.5 Å². The van der Waals surface area contributed by atoms with Gasteiger partial charge in [0.05, 0.1) is 6.54 Å². The van der Waals surface area contributed by atoms with Crippen LogP contribution in [0.1, 0.15) is 28.7 Å². The number of hydrogen-bond acceptors (Lipinski definition) is 5. The Morgan fingerprint density at radius 3 is 3.00 bits per heavy atom. The van der Waals surface area contributed by atoms with Crippen LogP contribution < -0.4 is 10.6 Å². The van der Waals surface area contributed by atoms with Crippen molar-refractivity contribution in [1.29, 1.82) is 0 Å². The number of carbonyl (C=O) groups is 1. The zero-order chi connectivity index (χ0) is 14.4. The number of nitrogens with zero attached hydrogens (tertiary/aromatic N) is 2. The minimum Gasteiger partial charge on any atom is -0.370 e. The maximum atomic E-state index is 12.1. The summed E-state index contributed by atoms with van der Waals surface area (Å²) in [5.74, 6) is 0.419. The van der Waals surface area contributed by atoms with Gasteiger partial charge < -0.3 is 10.6 Å². The van der Waals surface area contributed by atoms with E-state index in [0.29, 0.717) is 23.1 Å². The summed E-state index contributed by atoms with van der Waals surface area (Å²) in [6, 6.07) is 3.24. The Balaban J connectivity index is 2.02. The fraction of sp³-hybridized carbons (Fsp3) is 0.308. The summed E-state index contributed by atoms with van der Waals surface area (Å²) >= 11 is 7.43. The monoisotopic (exact) mass is 310 g/mol. The van der Waals surface area contributed by atoms with Gasteiger partial charge in [-0.25, -0.2) is 9.97 Å². The number of rotatable bonds is 6. The molecule has 106 valence electrons. The molecule has 2 aromatic rings. The predicted molar refractivity (Wildman–Crippen MR) is 81.3 cm³/mol. The molecule has 0 saturated carbocycles. The van der Waals surface area contributed by atoms with Crippen molar-refractivity contribution in [3.63, 3.8) is 0 Å². The first kappa shape index (κ1) is 14.7. The number of hydrogen-bond donors (Lipinski definition) is 2. The molecule has 2 N–H and O–H groups in total. The molecule has 0 spiro atoms. The van der Waals surface area contributed by atoms with E-state index in [-0.39, 0.29) is 5.91 Å². The van der Waals surface area contributed by atoms with E-state index in [1.165, 1.54) is 11.3 Å². The average Bonchev–Trinajstić information content (AvgIpc) is 2.95. The Morgan fingerprint density at radius 1 is 1.45 bits per heavy atom. The molecular formula is C13H15ClN4OS. The number of anilines is 1. The Hall–Kier alpha value is -1.66. The lowest BCUT2D eigenvalue weighted by atomic mass is 10.2. The number of pyridine rings is 1. The summed E-state index contributed by atoms with van der Waals surface area (Å²) in [6.07, 6.45) is 2.68. The molecule has 0 aliphatic heterocycles. The topological polar surface area (TPSA) is 66.9 Å².